The minimum atomic E-state index is 0.809. The van der Waals surface area contributed by atoms with Crippen molar-refractivity contribution in [1.82, 2.24) is 29.1 Å². The lowest BCUT2D eigenvalue weighted by Gasteiger charge is -2.11. The zero-order valence-electron chi connectivity index (χ0n) is 23.5. The molecule has 0 fully saturated rings. The number of rotatable bonds is 4. The Balaban J connectivity index is 1.15. The number of nitrogens with zero attached hydrogens (tertiary/aromatic N) is 6. The van der Waals surface area contributed by atoms with Crippen molar-refractivity contribution in [2.24, 2.45) is 0 Å². The van der Waals surface area contributed by atoms with E-state index in [4.69, 9.17) is 15.0 Å². The minimum absolute atomic E-state index is 0.809. The molecule has 9 aromatic rings. The zero-order chi connectivity index (χ0) is 29.0. The molecule has 0 aliphatic rings. The van der Waals surface area contributed by atoms with Crippen molar-refractivity contribution in [2.75, 3.05) is 0 Å². The van der Waals surface area contributed by atoms with Crippen LogP contribution >= 0.6 is 0 Å². The summed E-state index contributed by atoms with van der Waals surface area (Å²) in [7, 11) is 0. The SMILES string of the molecule is c1cc(-c2cccc(-c3cccc(-n4c5ccccc5c5ncccc54)n3)n2)cc(-n2c3ccccc3c3ncccc32)c1. The topological polar surface area (TPSA) is 61.4 Å². The van der Waals surface area contributed by atoms with Crippen molar-refractivity contribution in [3.05, 3.63) is 146 Å². The first-order chi connectivity index (χ1) is 21.8. The van der Waals surface area contributed by atoms with Gasteiger partial charge < -0.3 is 4.57 Å². The van der Waals surface area contributed by atoms with Gasteiger partial charge in [-0.1, -0.05) is 60.7 Å². The first-order valence-electron chi connectivity index (χ1n) is 14.6. The van der Waals surface area contributed by atoms with E-state index in [0.29, 0.717) is 0 Å². The molecule has 0 aliphatic carbocycles. The molecule has 0 aliphatic heterocycles. The second-order valence-corrected chi connectivity index (χ2v) is 10.8. The molecule has 206 valence electrons. The molecular weight excluding hydrogens is 540 g/mol. The molecule has 0 radical (unpaired) electrons. The molecule has 0 bridgehead atoms. The largest absolute Gasteiger partial charge is 0.308 e. The summed E-state index contributed by atoms with van der Waals surface area (Å²) in [5, 5.41) is 2.24. The van der Waals surface area contributed by atoms with E-state index in [9.17, 15) is 0 Å². The average molecular weight is 565 g/mol. The lowest BCUT2D eigenvalue weighted by atomic mass is 10.1. The van der Waals surface area contributed by atoms with Gasteiger partial charge in [0, 0.05) is 34.4 Å². The third kappa shape index (κ3) is 3.75. The smallest absolute Gasteiger partial charge is 0.138 e. The Bertz CT molecular complexity index is 2240. The van der Waals surface area contributed by atoms with Crippen LogP contribution in [0, 0.1) is 0 Å². The highest BCUT2D eigenvalue weighted by Gasteiger charge is 2.16. The first-order valence-corrected chi connectivity index (χ1v) is 14.6. The van der Waals surface area contributed by atoms with Crippen molar-refractivity contribution < 1.29 is 0 Å². The van der Waals surface area contributed by atoms with Gasteiger partial charge in [-0.25, -0.2) is 9.97 Å². The fraction of sp³-hybridized carbons (Fsp3) is 0. The van der Waals surface area contributed by atoms with E-state index in [1.54, 1.807) is 0 Å². The maximum atomic E-state index is 5.11. The third-order valence-electron chi connectivity index (χ3n) is 8.23. The number of benzene rings is 3. The quantitative estimate of drug-likeness (QED) is 0.214. The number of hydrogen-bond acceptors (Lipinski definition) is 4. The Morgan fingerprint density at radius 2 is 0.977 bits per heavy atom. The average Bonchev–Trinajstić information content (AvgIpc) is 3.62. The summed E-state index contributed by atoms with van der Waals surface area (Å²) in [5.41, 5.74) is 10.9. The van der Waals surface area contributed by atoms with Crippen LogP contribution in [0.5, 0.6) is 0 Å². The van der Waals surface area contributed by atoms with Gasteiger partial charge in [0.05, 0.1) is 50.2 Å². The van der Waals surface area contributed by atoms with Crippen LogP contribution in [0.1, 0.15) is 0 Å². The van der Waals surface area contributed by atoms with Gasteiger partial charge in [-0.3, -0.25) is 14.5 Å². The molecule has 9 rings (SSSR count). The predicted octanol–water partition coefficient (Wildman–Crippen LogP) is 8.79. The second kappa shape index (κ2) is 9.71. The highest BCUT2D eigenvalue weighted by molar-refractivity contribution is 6.07. The van der Waals surface area contributed by atoms with Gasteiger partial charge in [0.2, 0.25) is 0 Å². The highest BCUT2D eigenvalue weighted by atomic mass is 15.1. The van der Waals surface area contributed by atoms with Gasteiger partial charge in [0.15, 0.2) is 0 Å². The van der Waals surface area contributed by atoms with Crippen LogP contribution in [-0.4, -0.2) is 29.1 Å². The number of pyridine rings is 4. The number of aromatic nitrogens is 6. The van der Waals surface area contributed by atoms with E-state index in [0.717, 1.165) is 78.0 Å². The Hall–Kier alpha value is -6.14. The lowest BCUT2D eigenvalue weighted by molar-refractivity contribution is 1.08. The zero-order valence-corrected chi connectivity index (χ0v) is 23.5. The maximum Gasteiger partial charge on any atom is 0.138 e. The van der Waals surface area contributed by atoms with E-state index in [2.05, 4.69) is 99.0 Å². The third-order valence-corrected chi connectivity index (χ3v) is 8.23. The Kier molecular flexibility index (Phi) is 5.40. The van der Waals surface area contributed by atoms with Crippen molar-refractivity contribution in [1.29, 1.82) is 0 Å². The van der Waals surface area contributed by atoms with Crippen molar-refractivity contribution in [3.63, 3.8) is 0 Å². The Labute approximate surface area is 252 Å². The molecule has 0 saturated carbocycles. The predicted molar refractivity (Wildman–Crippen MR) is 177 cm³/mol. The van der Waals surface area contributed by atoms with E-state index in [1.807, 2.05) is 60.9 Å². The molecule has 6 nitrogen and oxygen atoms in total. The molecule has 0 atom stereocenters. The highest BCUT2D eigenvalue weighted by Crippen LogP contribution is 2.33. The van der Waals surface area contributed by atoms with Gasteiger partial charge in [-0.2, -0.15) is 0 Å². The fourth-order valence-electron chi connectivity index (χ4n) is 6.32. The van der Waals surface area contributed by atoms with Crippen molar-refractivity contribution in [3.8, 4) is 34.2 Å². The summed E-state index contributed by atoms with van der Waals surface area (Å²) >= 11 is 0. The van der Waals surface area contributed by atoms with Crippen LogP contribution in [0.2, 0.25) is 0 Å². The molecule has 3 aromatic carbocycles. The maximum absolute atomic E-state index is 5.11. The summed E-state index contributed by atoms with van der Waals surface area (Å²) in [4.78, 5) is 19.6. The molecule has 0 amide bonds. The molecule has 0 spiro atoms. The van der Waals surface area contributed by atoms with Gasteiger partial charge in [0.25, 0.3) is 0 Å². The van der Waals surface area contributed by atoms with Crippen LogP contribution < -0.4 is 0 Å². The van der Waals surface area contributed by atoms with Gasteiger partial charge in [-0.15, -0.1) is 0 Å². The Morgan fingerprint density at radius 3 is 1.73 bits per heavy atom. The second-order valence-electron chi connectivity index (χ2n) is 10.8. The van der Waals surface area contributed by atoms with Crippen molar-refractivity contribution in [2.45, 2.75) is 0 Å². The van der Waals surface area contributed by atoms with E-state index < -0.39 is 0 Å². The number of fused-ring (bicyclic) bond motifs is 6. The monoisotopic (exact) mass is 564 g/mol. The molecule has 0 unspecified atom stereocenters. The molecule has 0 saturated heterocycles. The van der Waals surface area contributed by atoms with Gasteiger partial charge in [0.1, 0.15) is 5.82 Å². The van der Waals surface area contributed by atoms with E-state index >= 15 is 0 Å². The molecule has 6 heterocycles. The number of para-hydroxylation sites is 2. The molecule has 44 heavy (non-hydrogen) atoms. The summed E-state index contributed by atoms with van der Waals surface area (Å²) < 4.78 is 4.45. The van der Waals surface area contributed by atoms with Gasteiger partial charge in [-0.05, 0) is 72.8 Å². The van der Waals surface area contributed by atoms with Gasteiger partial charge >= 0.3 is 0 Å². The first kappa shape index (κ1) is 24.5. The molecule has 6 aromatic heterocycles. The fourth-order valence-corrected chi connectivity index (χ4v) is 6.32. The van der Waals surface area contributed by atoms with E-state index in [1.165, 1.54) is 0 Å². The summed E-state index contributed by atoms with van der Waals surface area (Å²) in [6, 6.07) is 45.7. The lowest BCUT2D eigenvalue weighted by Crippen LogP contribution is -1.99. The Morgan fingerprint density at radius 1 is 0.409 bits per heavy atom. The summed E-state index contributed by atoms with van der Waals surface area (Å²) in [6.07, 6.45) is 3.69. The minimum Gasteiger partial charge on any atom is -0.308 e. The molecular formula is C38H24N6. The van der Waals surface area contributed by atoms with Crippen molar-refractivity contribution >= 4 is 43.9 Å². The normalized spacial score (nSPS) is 11.6. The van der Waals surface area contributed by atoms with Crippen LogP contribution in [0.25, 0.3) is 78.0 Å². The van der Waals surface area contributed by atoms with Crippen LogP contribution in [0.15, 0.2) is 146 Å². The summed E-state index contributed by atoms with van der Waals surface area (Å²) in [5.74, 6) is 0.830. The molecule has 0 N–H and O–H groups in total. The van der Waals surface area contributed by atoms with Crippen LogP contribution in [-0.2, 0) is 0 Å². The number of hydrogen-bond donors (Lipinski definition) is 0. The van der Waals surface area contributed by atoms with Crippen LogP contribution in [0.3, 0.4) is 0 Å². The van der Waals surface area contributed by atoms with E-state index in [-0.39, 0.29) is 0 Å². The van der Waals surface area contributed by atoms with Crippen LogP contribution in [0.4, 0.5) is 0 Å². The molecule has 6 heteroatoms. The summed E-state index contributed by atoms with van der Waals surface area (Å²) in [6.45, 7) is 0. The standard InChI is InChI=1S/C38H24N6/c1-3-17-32-27(12-1)37-34(19-8-22-39-37)43(32)26-11-5-10-25(24-26)29-14-6-15-30(41-29)31-16-7-21-36(42-31)44-33-18-4-2-13-28(33)38-35(44)20-9-23-40-38/h1-24H.